The van der Waals surface area contributed by atoms with E-state index < -0.39 is 11.7 Å². The third-order valence-corrected chi connectivity index (χ3v) is 3.98. The Kier molecular flexibility index (Phi) is 4.03. The average Bonchev–Trinajstić information content (AvgIpc) is 2.88. The van der Waals surface area contributed by atoms with Crippen molar-refractivity contribution in [3.63, 3.8) is 0 Å². The van der Waals surface area contributed by atoms with E-state index in [1.54, 1.807) is 24.3 Å². The van der Waals surface area contributed by atoms with Gasteiger partial charge in [-0.25, -0.2) is 9.37 Å². The number of carbonyl (C=O) groups is 2. The summed E-state index contributed by atoms with van der Waals surface area (Å²) in [6.07, 6.45) is 0. The highest BCUT2D eigenvalue weighted by Crippen LogP contribution is 2.28. The van der Waals surface area contributed by atoms with Crippen molar-refractivity contribution in [1.29, 1.82) is 0 Å². The summed E-state index contributed by atoms with van der Waals surface area (Å²) in [7, 11) is 0. The Balaban J connectivity index is 1.85. The molecule has 3 aromatic rings. The molecule has 7 heteroatoms. The predicted octanol–water partition coefficient (Wildman–Crippen LogP) is 3.65. The Morgan fingerprint density at radius 3 is 2.65 bits per heavy atom. The minimum Gasteiger partial charge on any atom is -0.326 e. The van der Waals surface area contributed by atoms with Crippen molar-refractivity contribution in [1.82, 2.24) is 4.98 Å². The summed E-state index contributed by atoms with van der Waals surface area (Å²) >= 11 is 1.25. The lowest BCUT2D eigenvalue weighted by Crippen LogP contribution is -2.13. The zero-order valence-corrected chi connectivity index (χ0v) is 12.9. The van der Waals surface area contributed by atoms with Crippen molar-refractivity contribution in [2.75, 3.05) is 10.6 Å². The van der Waals surface area contributed by atoms with E-state index in [1.165, 1.54) is 36.5 Å². The van der Waals surface area contributed by atoms with Gasteiger partial charge in [-0.2, -0.15) is 0 Å². The molecule has 1 heterocycles. The topological polar surface area (TPSA) is 71.1 Å². The molecule has 0 spiro atoms. The van der Waals surface area contributed by atoms with Crippen LogP contribution in [-0.4, -0.2) is 16.8 Å². The van der Waals surface area contributed by atoms with Gasteiger partial charge in [0.2, 0.25) is 5.91 Å². The summed E-state index contributed by atoms with van der Waals surface area (Å²) in [5.74, 6) is -1.30. The first kappa shape index (κ1) is 15.1. The molecular formula is C16H12FN3O2S. The fourth-order valence-corrected chi connectivity index (χ4v) is 2.97. The van der Waals surface area contributed by atoms with Crippen molar-refractivity contribution in [2.24, 2.45) is 0 Å². The van der Waals surface area contributed by atoms with Crippen LogP contribution in [0.25, 0.3) is 10.2 Å². The van der Waals surface area contributed by atoms with Crippen LogP contribution in [0.1, 0.15) is 17.3 Å². The zero-order chi connectivity index (χ0) is 16.4. The van der Waals surface area contributed by atoms with E-state index in [2.05, 4.69) is 15.6 Å². The lowest BCUT2D eigenvalue weighted by Gasteiger charge is -2.02. The molecule has 0 bridgehead atoms. The third kappa shape index (κ3) is 3.35. The summed E-state index contributed by atoms with van der Waals surface area (Å²) in [5.41, 5.74) is 1.30. The molecule has 0 aliphatic carbocycles. The van der Waals surface area contributed by atoms with Gasteiger partial charge in [0, 0.05) is 12.6 Å². The van der Waals surface area contributed by atoms with Gasteiger partial charge >= 0.3 is 0 Å². The highest BCUT2D eigenvalue weighted by atomic mass is 32.1. The average molecular weight is 329 g/mol. The van der Waals surface area contributed by atoms with Crippen LogP contribution in [0.3, 0.4) is 0 Å². The number of carbonyl (C=O) groups excluding carboxylic acids is 2. The quantitative estimate of drug-likeness (QED) is 0.770. The van der Waals surface area contributed by atoms with Crippen LogP contribution in [0.15, 0.2) is 42.5 Å². The van der Waals surface area contributed by atoms with Gasteiger partial charge in [-0.15, -0.1) is 0 Å². The number of rotatable bonds is 3. The molecule has 0 saturated heterocycles. The number of nitrogens with one attached hydrogen (secondary N) is 2. The first-order chi connectivity index (χ1) is 11.0. The van der Waals surface area contributed by atoms with Crippen molar-refractivity contribution >= 4 is 44.2 Å². The van der Waals surface area contributed by atoms with Crippen LogP contribution in [0, 0.1) is 5.82 Å². The molecule has 0 aliphatic rings. The van der Waals surface area contributed by atoms with Crippen LogP contribution in [0.2, 0.25) is 0 Å². The second kappa shape index (κ2) is 6.13. The zero-order valence-electron chi connectivity index (χ0n) is 12.1. The van der Waals surface area contributed by atoms with Crippen LogP contribution in [-0.2, 0) is 4.79 Å². The van der Waals surface area contributed by atoms with E-state index in [9.17, 15) is 14.0 Å². The number of fused-ring (bicyclic) bond motifs is 1. The number of halogens is 1. The van der Waals surface area contributed by atoms with Gasteiger partial charge in [0.15, 0.2) is 5.13 Å². The molecular weight excluding hydrogens is 317 g/mol. The number of aromatic nitrogens is 1. The molecule has 0 unspecified atom stereocenters. The lowest BCUT2D eigenvalue weighted by molar-refractivity contribution is -0.114. The highest BCUT2D eigenvalue weighted by Gasteiger charge is 2.13. The molecule has 2 aromatic carbocycles. The maximum atomic E-state index is 13.6. The van der Waals surface area contributed by atoms with Crippen molar-refractivity contribution in [3.05, 3.63) is 53.8 Å². The summed E-state index contributed by atoms with van der Waals surface area (Å²) in [6, 6.07) is 11.0. The number of nitrogens with zero attached hydrogens (tertiary/aromatic N) is 1. The molecule has 2 N–H and O–H groups in total. The first-order valence-corrected chi connectivity index (χ1v) is 7.58. The monoisotopic (exact) mass is 329 g/mol. The van der Waals surface area contributed by atoms with Gasteiger partial charge < -0.3 is 5.32 Å². The largest absolute Gasteiger partial charge is 0.326 e. The lowest BCUT2D eigenvalue weighted by atomic mass is 10.2. The van der Waals surface area contributed by atoms with Crippen LogP contribution in [0.5, 0.6) is 0 Å². The smallest absolute Gasteiger partial charge is 0.260 e. The molecule has 0 aliphatic heterocycles. The number of hydrogen-bond acceptors (Lipinski definition) is 4. The van der Waals surface area contributed by atoms with Crippen LogP contribution in [0.4, 0.5) is 15.2 Å². The number of amides is 2. The Hall–Kier alpha value is -2.80. The third-order valence-electron chi connectivity index (χ3n) is 3.05. The second-order valence-electron chi connectivity index (χ2n) is 4.82. The SMILES string of the molecule is CC(=O)Nc1ccc2nc(NC(=O)c3ccccc3F)sc2c1. The van der Waals surface area contributed by atoms with Crippen molar-refractivity contribution < 1.29 is 14.0 Å². The Morgan fingerprint density at radius 1 is 1.13 bits per heavy atom. The van der Waals surface area contributed by atoms with Gasteiger partial charge in [-0.1, -0.05) is 23.5 Å². The minimum atomic E-state index is -0.584. The molecule has 0 atom stereocenters. The fraction of sp³-hybridized carbons (Fsp3) is 0.0625. The summed E-state index contributed by atoms with van der Waals surface area (Å²) < 4.78 is 14.4. The summed E-state index contributed by atoms with van der Waals surface area (Å²) in [5, 5.41) is 5.64. The Bertz CT molecular complexity index is 907. The molecule has 0 saturated carbocycles. The molecule has 0 fully saturated rings. The number of thiazole rings is 1. The second-order valence-corrected chi connectivity index (χ2v) is 5.85. The molecule has 116 valence electrons. The van der Waals surface area contributed by atoms with E-state index in [1.807, 2.05) is 0 Å². The maximum Gasteiger partial charge on any atom is 0.260 e. The summed E-state index contributed by atoms with van der Waals surface area (Å²) in [4.78, 5) is 27.4. The number of anilines is 2. The van der Waals surface area contributed by atoms with Crippen LogP contribution >= 0.6 is 11.3 Å². The van der Waals surface area contributed by atoms with Gasteiger partial charge in [0.05, 0.1) is 15.8 Å². The predicted molar refractivity (Wildman–Crippen MR) is 88.3 cm³/mol. The molecule has 5 nitrogen and oxygen atoms in total. The van der Waals surface area contributed by atoms with E-state index in [0.29, 0.717) is 16.3 Å². The minimum absolute atomic E-state index is 0.0364. The molecule has 23 heavy (non-hydrogen) atoms. The molecule has 0 radical (unpaired) electrons. The number of hydrogen-bond donors (Lipinski definition) is 2. The molecule has 3 rings (SSSR count). The first-order valence-electron chi connectivity index (χ1n) is 6.77. The van der Waals surface area contributed by atoms with Crippen molar-refractivity contribution in [2.45, 2.75) is 6.92 Å². The maximum absolute atomic E-state index is 13.6. The Labute approximate surface area is 135 Å². The van der Waals surface area contributed by atoms with Crippen molar-refractivity contribution in [3.8, 4) is 0 Å². The highest BCUT2D eigenvalue weighted by molar-refractivity contribution is 7.22. The van der Waals surface area contributed by atoms with Gasteiger partial charge in [-0.05, 0) is 30.3 Å². The van der Waals surface area contributed by atoms with Gasteiger partial charge in [-0.3, -0.25) is 14.9 Å². The normalized spacial score (nSPS) is 10.5. The van der Waals surface area contributed by atoms with Gasteiger partial charge in [0.1, 0.15) is 5.82 Å². The molecule has 1 aromatic heterocycles. The Morgan fingerprint density at radius 2 is 1.91 bits per heavy atom. The van der Waals surface area contributed by atoms with E-state index >= 15 is 0 Å². The number of benzene rings is 2. The fourth-order valence-electron chi connectivity index (χ4n) is 2.07. The molecule has 2 amide bonds. The van der Waals surface area contributed by atoms with Gasteiger partial charge in [0.25, 0.3) is 5.91 Å². The van der Waals surface area contributed by atoms with Crippen LogP contribution < -0.4 is 10.6 Å². The van der Waals surface area contributed by atoms with E-state index in [0.717, 1.165) is 4.70 Å². The van der Waals surface area contributed by atoms with E-state index in [-0.39, 0.29) is 11.5 Å². The van der Waals surface area contributed by atoms with E-state index in [4.69, 9.17) is 0 Å². The standard InChI is InChI=1S/C16H12FN3O2S/c1-9(21)18-10-6-7-13-14(8-10)23-16(19-13)20-15(22)11-4-2-3-5-12(11)17/h2-8H,1H3,(H,18,21)(H,19,20,22). The summed E-state index contributed by atoms with van der Waals surface area (Å²) in [6.45, 7) is 1.43.